The second kappa shape index (κ2) is 11.0. The van der Waals surface area contributed by atoms with Crippen LogP contribution in [0.15, 0.2) is 12.1 Å². The second-order valence-corrected chi connectivity index (χ2v) is 8.03. The van der Waals surface area contributed by atoms with E-state index in [9.17, 15) is 10.5 Å². The van der Waals surface area contributed by atoms with Crippen LogP contribution in [-0.4, -0.2) is 0 Å². The standard InChI is InChI=1S/C24H34N2/c1-3-5-7-19-9-11-20(12-10-19)13-14-22-16-15-21(8-6-4-2)23(17-25)24(22)18-26/h15-16,19-20H,3-14H2,1-2H3/t19-,20-. The van der Waals surface area contributed by atoms with Crippen molar-refractivity contribution in [1.29, 1.82) is 10.5 Å². The minimum atomic E-state index is 0.627. The Morgan fingerprint density at radius 2 is 1.27 bits per heavy atom. The molecule has 0 atom stereocenters. The molecule has 1 aliphatic carbocycles. The molecule has 1 saturated carbocycles. The van der Waals surface area contributed by atoms with Crippen LogP contribution in [0, 0.1) is 34.5 Å². The molecule has 0 spiro atoms. The molecule has 0 radical (unpaired) electrons. The lowest BCUT2D eigenvalue weighted by molar-refractivity contribution is 0.250. The van der Waals surface area contributed by atoms with Crippen LogP contribution in [0.1, 0.15) is 100 Å². The first kappa shape index (κ1) is 20.5. The quantitative estimate of drug-likeness (QED) is 0.497. The van der Waals surface area contributed by atoms with Gasteiger partial charge in [-0.15, -0.1) is 0 Å². The fourth-order valence-electron chi connectivity index (χ4n) is 4.39. The van der Waals surface area contributed by atoms with Crippen LogP contribution in [0.3, 0.4) is 0 Å². The maximum absolute atomic E-state index is 9.63. The zero-order valence-electron chi connectivity index (χ0n) is 16.7. The van der Waals surface area contributed by atoms with Crippen molar-refractivity contribution in [2.75, 3.05) is 0 Å². The van der Waals surface area contributed by atoms with Crippen LogP contribution in [0.2, 0.25) is 0 Å². The number of nitrogens with zero attached hydrogens (tertiary/aromatic N) is 2. The molecule has 2 heteroatoms. The molecular formula is C24H34N2. The fraction of sp³-hybridized carbons (Fsp3) is 0.667. The topological polar surface area (TPSA) is 47.6 Å². The zero-order chi connectivity index (χ0) is 18.8. The molecule has 0 bridgehead atoms. The lowest BCUT2D eigenvalue weighted by Crippen LogP contribution is -2.15. The van der Waals surface area contributed by atoms with Gasteiger partial charge in [0.2, 0.25) is 0 Å². The Bertz CT molecular complexity index is 639. The SMILES string of the molecule is CCCCc1ccc(CC[C@H]2CC[C@H](CCCC)CC2)c(C#N)c1C#N. The third-order valence-corrected chi connectivity index (χ3v) is 6.16. The Morgan fingerprint density at radius 3 is 1.77 bits per heavy atom. The van der Waals surface area contributed by atoms with E-state index in [1.165, 1.54) is 44.9 Å². The number of hydrogen-bond acceptors (Lipinski definition) is 2. The Morgan fingerprint density at radius 1 is 0.769 bits per heavy atom. The second-order valence-electron chi connectivity index (χ2n) is 8.03. The number of rotatable bonds is 9. The molecule has 1 aromatic carbocycles. The summed E-state index contributed by atoms with van der Waals surface area (Å²) in [5.74, 6) is 1.74. The van der Waals surface area contributed by atoms with E-state index in [1.54, 1.807) is 0 Å². The van der Waals surface area contributed by atoms with Gasteiger partial charge in [0.1, 0.15) is 12.1 Å². The molecule has 1 aromatic rings. The molecule has 140 valence electrons. The lowest BCUT2D eigenvalue weighted by Gasteiger charge is -2.28. The summed E-state index contributed by atoms with van der Waals surface area (Å²) >= 11 is 0. The Hall–Kier alpha value is -1.80. The first-order chi connectivity index (χ1) is 12.7. The third-order valence-electron chi connectivity index (χ3n) is 6.16. The number of unbranched alkanes of at least 4 members (excludes halogenated alkanes) is 2. The van der Waals surface area contributed by atoms with Crippen molar-refractivity contribution in [2.24, 2.45) is 11.8 Å². The predicted molar refractivity (Wildman–Crippen MR) is 108 cm³/mol. The highest BCUT2D eigenvalue weighted by atomic mass is 14.3. The van der Waals surface area contributed by atoms with Crippen molar-refractivity contribution in [3.8, 4) is 12.1 Å². The van der Waals surface area contributed by atoms with Crippen LogP contribution in [0.4, 0.5) is 0 Å². The summed E-state index contributed by atoms with van der Waals surface area (Å²) in [7, 11) is 0. The minimum Gasteiger partial charge on any atom is -0.192 e. The van der Waals surface area contributed by atoms with E-state index in [-0.39, 0.29) is 0 Å². The number of hydrogen-bond donors (Lipinski definition) is 0. The summed E-state index contributed by atoms with van der Waals surface area (Å²) in [5, 5.41) is 19.2. The van der Waals surface area contributed by atoms with Gasteiger partial charge in [0.05, 0.1) is 11.1 Å². The maximum Gasteiger partial charge on any atom is 0.101 e. The Kier molecular flexibility index (Phi) is 8.70. The molecule has 0 N–H and O–H groups in total. The van der Waals surface area contributed by atoms with Crippen molar-refractivity contribution >= 4 is 0 Å². The van der Waals surface area contributed by atoms with Crippen LogP contribution >= 0.6 is 0 Å². The summed E-state index contributed by atoms with van der Waals surface area (Å²) in [6.45, 7) is 4.43. The van der Waals surface area contributed by atoms with Gasteiger partial charge in [-0.3, -0.25) is 0 Å². The molecule has 2 nitrogen and oxygen atoms in total. The van der Waals surface area contributed by atoms with E-state index >= 15 is 0 Å². The normalized spacial score (nSPS) is 19.7. The predicted octanol–water partition coefficient (Wildman–Crippen LogP) is 6.70. The van der Waals surface area contributed by atoms with Crippen molar-refractivity contribution in [3.05, 3.63) is 34.4 Å². The van der Waals surface area contributed by atoms with Crippen LogP contribution in [-0.2, 0) is 12.8 Å². The molecular weight excluding hydrogens is 316 g/mol. The first-order valence-corrected chi connectivity index (χ1v) is 10.7. The largest absolute Gasteiger partial charge is 0.192 e. The number of benzene rings is 1. The molecule has 1 aliphatic rings. The van der Waals surface area contributed by atoms with Gasteiger partial charge in [-0.1, -0.05) is 77.3 Å². The van der Waals surface area contributed by atoms with Crippen molar-refractivity contribution < 1.29 is 0 Å². The van der Waals surface area contributed by atoms with Crippen LogP contribution in [0.25, 0.3) is 0 Å². The van der Waals surface area contributed by atoms with Crippen molar-refractivity contribution in [3.63, 3.8) is 0 Å². The Balaban J connectivity index is 1.96. The van der Waals surface area contributed by atoms with Gasteiger partial charge in [0, 0.05) is 0 Å². The van der Waals surface area contributed by atoms with E-state index in [4.69, 9.17) is 0 Å². The molecule has 0 aromatic heterocycles. The minimum absolute atomic E-state index is 0.627. The average Bonchev–Trinajstić information content (AvgIpc) is 2.69. The highest BCUT2D eigenvalue weighted by molar-refractivity contribution is 5.54. The van der Waals surface area contributed by atoms with Gasteiger partial charge in [-0.05, 0) is 48.6 Å². The van der Waals surface area contributed by atoms with Gasteiger partial charge >= 0.3 is 0 Å². The number of aryl methyl sites for hydroxylation is 2. The smallest absolute Gasteiger partial charge is 0.101 e. The van der Waals surface area contributed by atoms with Gasteiger partial charge in [-0.25, -0.2) is 0 Å². The molecule has 0 aliphatic heterocycles. The highest BCUT2D eigenvalue weighted by Crippen LogP contribution is 2.34. The summed E-state index contributed by atoms with van der Waals surface area (Å²) in [6, 6.07) is 8.83. The molecule has 2 rings (SSSR count). The van der Waals surface area contributed by atoms with Crippen LogP contribution < -0.4 is 0 Å². The Labute approximate surface area is 160 Å². The fourth-order valence-corrected chi connectivity index (χ4v) is 4.39. The van der Waals surface area contributed by atoms with E-state index in [2.05, 4.69) is 38.1 Å². The van der Waals surface area contributed by atoms with Gasteiger partial charge in [0.25, 0.3) is 0 Å². The first-order valence-electron chi connectivity index (χ1n) is 10.7. The maximum atomic E-state index is 9.63. The summed E-state index contributed by atoms with van der Waals surface area (Å²) in [5.41, 5.74) is 3.39. The third kappa shape index (κ3) is 5.60. The molecule has 0 amide bonds. The van der Waals surface area contributed by atoms with Crippen molar-refractivity contribution in [1.82, 2.24) is 0 Å². The summed E-state index contributed by atoms with van der Waals surface area (Å²) in [6.07, 6.45) is 14.7. The molecule has 0 unspecified atom stereocenters. The van der Waals surface area contributed by atoms with Crippen LogP contribution in [0.5, 0.6) is 0 Å². The highest BCUT2D eigenvalue weighted by Gasteiger charge is 2.21. The lowest BCUT2D eigenvalue weighted by atomic mass is 9.77. The average molecular weight is 351 g/mol. The van der Waals surface area contributed by atoms with Crippen molar-refractivity contribution in [2.45, 2.75) is 90.9 Å². The van der Waals surface area contributed by atoms with Gasteiger partial charge in [-0.2, -0.15) is 10.5 Å². The molecule has 26 heavy (non-hydrogen) atoms. The molecule has 0 saturated heterocycles. The summed E-state index contributed by atoms with van der Waals surface area (Å²) < 4.78 is 0. The van der Waals surface area contributed by atoms with Gasteiger partial charge in [0.15, 0.2) is 0 Å². The molecule has 1 fully saturated rings. The molecule has 0 heterocycles. The zero-order valence-corrected chi connectivity index (χ0v) is 16.7. The van der Waals surface area contributed by atoms with E-state index in [1.807, 2.05) is 0 Å². The van der Waals surface area contributed by atoms with Gasteiger partial charge < -0.3 is 0 Å². The summed E-state index contributed by atoms with van der Waals surface area (Å²) in [4.78, 5) is 0. The number of nitriles is 2. The van der Waals surface area contributed by atoms with E-state index in [0.717, 1.165) is 55.1 Å². The monoisotopic (exact) mass is 350 g/mol. The van der Waals surface area contributed by atoms with E-state index in [0.29, 0.717) is 11.1 Å². The van der Waals surface area contributed by atoms with E-state index < -0.39 is 0 Å².